The van der Waals surface area contributed by atoms with Gasteiger partial charge in [0.05, 0.1) is 5.60 Å². The Labute approximate surface area is 119 Å². The van der Waals surface area contributed by atoms with Gasteiger partial charge in [0, 0.05) is 28.4 Å². The van der Waals surface area contributed by atoms with Crippen molar-refractivity contribution in [2.45, 2.75) is 44.8 Å². The Balaban J connectivity index is 2.04. The van der Waals surface area contributed by atoms with Crippen LogP contribution in [-0.2, 0) is 4.74 Å². The smallest absolute Gasteiger partial charge is 0.0671 e. The number of anilines is 1. The van der Waals surface area contributed by atoms with Crippen molar-refractivity contribution in [3.05, 3.63) is 28.2 Å². The first-order valence-corrected chi connectivity index (χ1v) is 7.13. The van der Waals surface area contributed by atoms with Crippen LogP contribution in [0, 0.1) is 0 Å². The van der Waals surface area contributed by atoms with E-state index in [2.05, 4.69) is 19.2 Å². The molecule has 0 aliphatic carbocycles. The number of benzene rings is 1. The molecule has 2 rings (SSSR count). The lowest BCUT2D eigenvalue weighted by atomic mass is 9.90. The van der Waals surface area contributed by atoms with E-state index in [0.717, 1.165) is 31.6 Å². The van der Waals surface area contributed by atoms with Gasteiger partial charge in [-0.3, -0.25) is 0 Å². The van der Waals surface area contributed by atoms with Gasteiger partial charge in [0.25, 0.3) is 0 Å². The van der Waals surface area contributed by atoms with Gasteiger partial charge in [-0.05, 0) is 44.4 Å². The molecule has 100 valence electrons. The first-order valence-electron chi connectivity index (χ1n) is 6.37. The molecule has 2 nitrogen and oxygen atoms in total. The molecule has 1 aliphatic rings. The van der Waals surface area contributed by atoms with Gasteiger partial charge >= 0.3 is 0 Å². The summed E-state index contributed by atoms with van der Waals surface area (Å²) in [6.45, 7) is 5.14. The maximum absolute atomic E-state index is 6.00. The third-order valence-corrected chi connectivity index (χ3v) is 4.01. The maximum Gasteiger partial charge on any atom is 0.0671 e. The Morgan fingerprint density at radius 1 is 1.33 bits per heavy atom. The van der Waals surface area contributed by atoms with Gasteiger partial charge < -0.3 is 10.1 Å². The number of hydrogen-bond acceptors (Lipinski definition) is 2. The van der Waals surface area contributed by atoms with Crippen LogP contribution in [0.1, 0.15) is 33.1 Å². The van der Waals surface area contributed by atoms with Crippen LogP contribution < -0.4 is 5.32 Å². The minimum Gasteiger partial charge on any atom is -0.382 e. The van der Waals surface area contributed by atoms with Crippen molar-refractivity contribution >= 4 is 28.9 Å². The van der Waals surface area contributed by atoms with E-state index >= 15 is 0 Å². The molecule has 0 aromatic heterocycles. The van der Waals surface area contributed by atoms with E-state index in [0.29, 0.717) is 16.1 Å². The average molecular weight is 288 g/mol. The lowest BCUT2D eigenvalue weighted by Gasteiger charge is -2.38. The number of hydrogen-bond donors (Lipinski definition) is 1. The standard InChI is InChI=1S/C14H19Cl2NO/c1-3-14(2)9-12(4-5-18-14)17-13-7-10(15)6-11(16)8-13/h6-8,12,17H,3-5,9H2,1-2H3. The lowest BCUT2D eigenvalue weighted by Crippen LogP contribution is -2.41. The molecule has 0 saturated carbocycles. The Bertz CT molecular complexity index is 404. The van der Waals surface area contributed by atoms with E-state index in [1.165, 1.54) is 0 Å². The van der Waals surface area contributed by atoms with E-state index in [1.807, 2.05) is 12.1 Å². The van der Waals surface area contributed by atoms with E-state index in [4.69, 9.17) is 27.9 Å². The van der Waals surface area contributed by atoms with Crippen molar-refractivity contribution in [2.24, 2.45) is 0 Å². The molecule has 0 bridgehead atoms. The largest absolute Gasteiger partial charge is 0.382 e. The van der Waals surface area contributed by atoms with Gasteiger partial charge in [0.15, 0.2) is 0 Å². The summed E-state index contributed by atoms with van der Waals surface area (Å²) in [4.78, 5) is 0. The first kappa shape index (κ1) is 14.0. The van der Waals surface area contributed by atoms with Crippen molar-refractivity contribution in [1.82, 2.24) is 0 Å². The molecule has 2 unspecified atom stereocenters. The van der Waals surface area contributed by atoms with E-state index in [1.54, 1.807) is 6.07 Å². The molecule has 1 heterocycles. The molecule has 1 fully saturated rings. The quantitative estimate of drug-likeness (QED) is 0.866. The molecule has 1 aliphatic heterocycles. The summed E-state index contributed by atoms with van der Waals surface area (Å²) in [5.74, 6) is 0. The molecule has 1 aromatic rings. The summed E-state index contributed by atoms with van der Waals surface area (Å²) >= 11 is 12.0. The number of halogens is 2. The van der Waals surface area contributed by atoms with Crippen LogP contribution in [0.5, 0.6) is 0 Å². The second-order valence-electron chi connectivity index (χ2n) is 5.14. The number of ether oxygens (including phenoxy) is 1. The third kappa shape index (κ3) is 3.53. The topological polar surface area (TPSA) is 21.3 Å². The highest BCUT2D eigenvalue weighted by atomic mass is 35.5. The Morgan fingerprint density at radius 3 is 2.61 bits per heavy atom. The normalized spacial score (nSPS) is 28.1. The van der Waals surface area contributed by atoms with Crippen LogP contribution in [0.3, 0.4) is 0 Å². The zero-order valence-electron chi connectivity index (χ0n) is 10.8. The SMILES string of the molecule is CCC1(C)CC(Nc2cc(Cl)cc(Cl)c2)CCO1. The first-order chi connectivity index (χ1) is 8.50. The second kappa shape index (κ2) is 5.68. The molecule has 4 heteroatoms. The molecule has 1 N–H and O–H groups in total. The van der Waals surface area contributed by atoms with Crippen molar-refractivity contribution in [1.29, 1.82) is 0 Å². The lowest BCUT2D eigenvalue weighted by molar-refractivity contribution is -0.0708. The molecular formula is C14H19Cl2NO. The fourth-order valence-electron chi connectivity index (χ4n) is 2.37. The molecule has 0 spiro atoms. The van der Waals surface area contributed by atoms with Crippen molar-refractivity contribution in [2.75, 3.05) is 11.9 Å². The highest BCUT2D eigenvalue weighted by Crippen LogP contribution is 2.30. The second-order valence-corrected chi connectivity index (χ2v) is 6.02. The predicted octanol–water partition coefficient (Wildman–Crippen LogP) is 4.75. The summed E-state index contributed by atoms with van der Waals surface area (Å²) in [7, 11) is 0. The highest BCUT2D eigenvalue weighted by molar-refractivity contribution is 6.35. The molecule has 1 aromatic carbocycles. The molecule has 1 saturated heterocycles. The minimum absolute atomic E-state index is 0.0156. The Kier molecular flexibility index (Phi) is 4.41. The highest BCUT2D eigenvalue weighted by Gasteiger charge is 2.31. The van der Waals surface area contributed by atoms with Gasteiger partial charge in [0.1, 0.15) is 0 Å². The molecule has 2 atom stereocenters. The minimum atomic E-state index is -0.0156. The summed E-state index contributed by atoms with van der Waals surface area (Å²) in [5.41, 5.74) is 0.969. The summed E-state index contributed by atoms with van der Waals surface area (Å²) < 4.78 is 5.84. The molecular weight excluding hydrogens is 269 g/mol. The molecule has 18 heavy (non-hydrogen) atoms. The maximum atomic E-state index is 6.00. The number of nitrogens with one attached hydrogen (secondary N) is 1. The van der Waals surface area contributed by atoms with Crippen molar-refractivity contribution in [3.8, 4) is 0 Å². The zero-order valence-corrected chi connectivity index (χ0v) is 12.3. The van der Waals surface area contributed by atoms with Crippen LogP contribution in [-0.4, -0.2) is 18.2 Å². The van der Waals surface area contributed by atoms with Gasteiger partial charge in [-0.15, -0.1) is 0 Å². The van der Waals surface area contributed by atoms with Crippen molar-refractivity contribution < 1.29 is 4.74 Å². The predicted molar refractivity (Wildman–Crippen MR) is 77.8 cm³/mol. The fourth-order valence-corrected chi connectivity index (χ4v) is 2.90. The molecule has 0 amide bonds. The number of rotatable bonds is 3. The van der Waals surface area contributed by atoms with Crippen LogP contribution >= 0.6 is 23.2 Å². The monoisotopic (exact) mass is 287 g/mol. The van der Waals surface area contributed by atoms with E-state index in [9.17, 15) is 0 Å². The zero-order chi connectivity index (χ0) is 13.2. The van der Waals surface area contributed by atoms with Crippen molar-refractivity contribution in [3.63, 3.8) is 0 Å². The average Bonchev–Trinajstić information content (AvgIpc) is 2.27. The van der Waals surface area contributed by atoms with Gasteiger partial charge in [-0.1, -0.05) is 30.1 Å². The van der Waals surface area contributed by atoms with Crippen LogP contribution in [0.15, 0.2) is 18.2 Å². The summed E-state index contributed by atoms with van der Waals surface area (Å²) in [6.07, 6.45) is 3.05. The Morgan fingerprint density at radius 2 is 2.00 bits per heavy atom. The van der Waals surface area contributed by atoms with Gasteiger partial charge in [-0.25, -0.2) is 0 Å². The van der Waals surface area contributed by atoms with Crippen LogP contribution in [0.4, 0.5) is 5.69 Å². The van der Waals surface area contributed by atoms with E-state index < -0.39 is 0 Å². The summed E-state index contributed by atoms with van der Waals surface area (Å²) in [6, 6.07) is 5.98. The Hall–Kier alpha value is -0.440. The van der Waals surface area contributed by atoms with Gasteiger partial charge in [0.2, 0.25) is 0 Å². The third-order valence-electron chi connectivity index (χ3n) is 3.58. The van der Waals surface area contributed by atoms with E-state index in [-0.39, 0.29) is 5.60 Å². The molecule has 0 radical (unpaired) electrons. The van der Waals surface area contributed by atoms with Gasteiger partial charge in [-0.2, -0.15) is 0 Å². The summed E-state index contributed by atoms with van der Waals surface area (Å²) in [5, 5.41) is 4.83. The van der Waals surface area contributed by atoms with Crippen LogP contribution in [0.25, 0.3) is 0 Å². The van der Waals surface area contributed by atoms with Crippen LogP contribution in [0.2, 0.25) is 10.0 Å². The fraction of sp³-hybridized carbons (Fsp3) is 0.571.